The lowest BCUT2D eigenvalue weighted by Crippen LogP contribution is -2.09. The van der Waals surface area contributed by atoms with Gasteiger partial charge in [0.05, 0.1) is 23.6 Å². The first-order valence-corrected chi connectivity index (χ1v) is 7.44. The van der Waals surface area contributed by atoms with Crippen molar-refractivity contribution in [3.8, 4) is 11.3 Å². The number of hydrogen-bond donors (Lipinski definition) is 0. The Morgan fingerprint density at radius 2 is 1.90 bits per heavy atom. The first kappa shape index (κ1) is 13.8. The minimum absolute atomic E-state index is 0.262. The lowest BCUT2D eigenvalue weighted by Gasteiger charge is -2.10. The number of ether oxygens (including phenoxy) is 1. The second-order valence-corrected chi connectivity index (χ2v) is 5.49. The van der Waals surface area contributed by atoms with Crippen LogP contribution >= 0.6 is 0 Å². The number of esters is 1. The number of rotatable bonds is 4. The predicted octanol–water partition coefficient (Wildman–Crippen LogP) is 4.11. The van der Waals surface area contributed by atoms with Gasteiger partial charge in [0.15, 0.2) is 0 Å². The summed E-state index contributed by atoms with van der Waals surface area (Å²) in [5.41, 5.74) is 4.74. The molecule has 0 radical (unpaired) electrons. The van der Waals surface area contributed by atoms with Crippen LogP contribution in [0.1, 0.15) is 47.3 Å². The highest BCUT2D eigenvalue weighted by Crippen LogP contribution is 2.41. The Morgan fingerprint density at radius 3 is 2.52 bits per heavy atom. The van der Waals surface area contributed by atoms with Crippen LogP contribution in [0.25, 0.3) is 11.3 Å². The van der Waals surface area contributed by atoms with E-state index < -0.39 is 0 Å². The zero-order chi connectivity index (χ0) is 14.8. The van der Waals surface area contributed by atoms with Gasteiger partial charge < -0.3 is 4.74 Å². The lowest BCUT2D eigenvalue weighted by atomic mass is 10.0. The van der Waals surface area contributed by atoms with E-state index in [2.05, 4.69) is 31.2 Å². The molecule has 0 spiro atoms. The van der Waals surface area contributed by atoms with Crippen molar-refractivity contribution >= 4 is 5.97 Å². The van der Waals surface area contributed by atoms with Gasteiger partial charge in [-0.15, -0.1) is 0 Å². The van der Waals surface area contributed by atoms with E-state index in [1.165, 1.54) is 5.56 Å². The van der Waals surface area contributed by atoms with Crippen LogP contribution in [0.2, 0.25) is 0 Å². The summed E-state index contributed by atoms with van der Waals surface area (Å²) in [5, 5.41) is 0. The first-order chi connectivity index (χ1) is 10.2. The molecule has 1 aromatic heterocycles. The van der Waals surface area contributed by atoms with Crippen LogP contribution in [0.5, 0.6) is 0 Å². The molecule has 0 amide bonds. The van der Waals surface area contributed by atoms with E-state index in [1.54, 1.807) is 0 Å². The number of hydrogen-bond acceptors (Lipinski definition) is 3. The smallest absolute Gasteiger partial charge is 0.339 e. The molecule has 0 saturated heterocycles. The quantitative estimate of drug-likeness (QED) is 0.792. The van der Waals surface area contributed by atoms with E-state index in [4.69, 9.17) is 9.72 Å². The topological polar surface area (TPSA) is 39.2 Å². The molecule has 1 aliphatic rings. The van der Waals surface area contributed by atoms with E-state index in [0.717, 1.165) is 29.8 Å². The summed E-state index contributed by atoms with van der Waals surface area (Å²) in [6.45, 7) is 4.28. The molecule has 2 aromatic rings. The van der Waals surface area contributed by atoms with Crippen molar-refractivity contribution in [3.05, 3.63) is 53.2 Å². The van der Waals surface area contributed by atoms with Crippen molar-refractivity contribution in [2.24, 2.45) is 0 Å². The Hall–Kier alpha value is -2.16. The standard InChI is InChI=1S/C18H19NO2/c1-3-21-18(20)15-10-11-16(19-17(15)14-8-9-14)13-6-4-12(2)5-7-13/h4-7,10-11,14H,3,8-9H2,1-2H3. The largest absolute Gasteiger partial charge is 0.462 e. The molecule has 3 rings (SSSR count). The lowest BCUT2D eigenvalue weighted by molar-refractivity contribution is 0.0524. The Labute approximate surface area is 125 Å². The van der Waals surface area contributed by atoms with Gasteiger partial charge in [-0.2, -0.15) is 0 Å². The van der Waals surface area contributed by atoms with Gasteiger partial charge in [0.25, 0.3) is 0 Å². The highest BCUT2D eigenvalue weighted by Gasteiger charge is 2.30. The minimum atomic E-state index is -0.262. The summed E-state index contributed by atoms with van der Waals surface area (Å²) in [6.07, 6.45) is 2.22. The number of aryl methyl sites for hydroxylation is 1. The third-order valence-corrected chi connectivity index (χ3v) is 3.73. The van der Waals surface area contributed by atoms with Crippen LogP contribution in [0.4, 0.5) is 0 Å². The van der Waals surface area contributed by atoms with E-state index in [9.17, 15) is 4.79 Å². The molecule has 0 unspecified atom stereocenters. The van der Waals surface area contributed by atoms with Crippen LogP contribution in [-0.2, 0) is 4.74 Å². The zero-order valence-corrected chi connectivity index (χ0v) is 12.4. The molecule has 1 saturated carbocycles. The molecule has 21 heavy (non-hydrogen) atoms. The molecule has 3 heteroatoms. The Kier molecular flexibility index (Phi) is 3.74. The predicted molar refractivity (Wildman–Crippen MR) is 82.3 cm³/mol. The molecule has 1 aromatic carbocycles. The molecule has 0 aliphatic heterocycles. The summed E-state index contributed by atoms with van der Waals surface area (Å²) in [4.78, 5) is 16.8. The third kappa shape index (κ3) is 2.97. The summed E-state index contributed by atoms with van der Waals surface area (Å²) in [6, 6.07) is 12.0. The van der Waals surface area contributed by atoms with Crippen LogP contribution in [0.15, 0.2) is 36.4 Å². The average Bonchev–Trinajstić information content (AvgIpc) is 3.32. The van der Waals surface area contributed by atoms with Crippen molar-refractivity contribution in [1.29, 1.82) is 0 Å². The molecule has 1 aliphatic carbocycles. The fraction of sp³-hybridized carbons (Fsp3) is 0.333. The maximum Gasteiger partial charge on any atom is 0.339 e. The average molecular weight is 281 g/mol. The summed E-state index contributed by atoms with van der Waals surface area (Å²) >= 11 is 0. The van der Waals surface area contributed by atoms with Crippen LogP contribution < -0.4 is 0 Å². The molecule has 0 N–H and O–H groups in total. The van der Waals surface area contributed by atoms with Gasteiger partial charge >= 0.3 is 5.97 Å². The molecular weight excluding hydrogens is 262 g/mol. The van der Waals surface area contributed by atoms with Crippen molar-refractivity contribution < 1.29 is 9.53 Å². The number of benzene rings is 1. The molecule has 3 nitrogen and oxygen atoms in total. The maximum atomic E-state index is 12.0. The Bertz CT molecular complexity index is 657. The zero-order valence-electron chi connectivity index (χ0n) is 12.4. The van der Waals surface area contributed by atoms with Crippen LogP contribution in [0, 0.1) is 6.92 Å². The van der Waals surface area contributed by atoms with E-state index in [0.29, 0.717) is 18.1 Å². The van der Waals surface area contributed by atoms with Gasteiger partial charge in [-0.25, -0.2) is 4.79 Å². The number of aromatic nitrogens is 1. The van der Waals surface area contributed by atoms with Crippen molar-refractivity contribution in [1.82, 2.24) is 4.98 Å². The number of nitrogens with zero attached hydrogens (tertiary/aromatic N) is 1. The molecule has 1 heterocycles. The SMILES string of the molecule is CCOC(=O)c1ccc(-c2ccc(C)cc2)nc1C1CC1. The summed E-state index contributed by atoms with van der Waals surface area (Å²) in [7, 11) is 0. The molecular formula is C18H19NO2. The maximum absolute atomic E-state index is 12.0. The minimum Gasteiger partial charge on any atom is -0.462 e. The highest BCUT2D eigenvalue weighted by molar-refractivity contribution is 5.91. The third-order valence-electron chi connectivity index (χ3n) is 3.73. The Morgan fingerprint density at radius 1 is 1.19 bits per heavy atom. The van der Waals surface area contributed by atoms with Crippen LogP contribution in [-0.4, -0.2) is 17.6 Å². The summed E-state index contributed by atoms with van der Waals surface area (Å²) < 4.78 is 5.13. The second-order valence-electron chi connectivity index (χ2n) is 5.49. The van der Waals surface area contributed by atoms with Crippen LogP contribution in [0.3, 0.4) is 0 Å². The van der Waals surface area contributed by atoms with Gasteiger partial charge in [0, 0.05) is 11.5 Å². The second kappa shape index (κ2) is 5.68. The van der Waals surface area contributed by atoms with E-state index in [-0.39, 0.29) is 5.97 Å². The fourth-order valence-electron chi connectivity index (χ4n) is 2.41. The number of pyridine rings is 1. The van der Waals surface area contributed by atoms with Crippen molar-refractivity contribution in [3.63, 3.8) is 0 Å². The molecule has 0 bridgehead atoms. The van der Waals surface area contributed by atoms with Gasteiger partial charge in [-0.3, -0.25) is 4.98 Å². The fourth-order valence-corrected chi connectivity index (χ4v) is 2.41. The molecule has 1 fully saturated rings. The van der Waals surface area contributed by atoms with Crippen molar-refractivity contribution in [2.75, 3.05) is 6.61 Å². The van der Waals surface area contributed by atoms with Gasteiger partial charge in [-0.1, -0.05) is 29.8 Å². The molecule has 0 atom stereocenters. The van der Waals surface area contributed by atoms with Gasteiger partial charge in [0.1, 0.15) is 0 Å². The van der Waals surface area contributed by atoms with E-state index in [1.807, 2.05) is 19.1 Å². The van der Waals surface area contributed by atoms with Gasteiger partial charge in [0.2, 0.25) is 0 Å². The molecule has 108 valence electrons. The normalized spacial score (nSPS) is 14.0. The first-order valence-electron chi connectivity index (χ1n) is 7.44. The monoisotopic (exact) mass is 281 g/mol. The van der Waals surface area contributed by atoms with E-state index >= 15 is 0 Å². The highest BCUT2D eigenvalue weighted by atomic mass is 16.5. The summed E-state index contributed by atoms with van der Waals surface area (Å²) in [5.74, 6) is 0.150. The number of carbonyl (C=O) groups is 1. The van der Waals surface area contributed by atoms with Crippen molar-refractivity contribution in [2.45, 2.75) is 32.6 Å². The Balaban J connectivity index is 1.99. The van der Waals surface area contributed by atoms with Gasteiger partial charge in [-0.05, 0) is 38.8 Å². The number of carbonyl (C=O) groups excluding carboxylic acids is 1.